The van der Waals surface area contributed by atoms with Crippen molar-refractivity contribution in [3.05, 3.63) is 60.7 Å². The average Bonchev–Trinajstić information content (AvgIpc) is 2.94. The molecule has 0 aliphatic carbocycles. The molecule has 1 saturated heterocycles. The highest BCUT2D eigenvalue weighted by atomic mass is 28.4. The van der Waals surface area contributed by atoms with E-state index in [2.05, 4.69) is 45.0 Å². The maximum atomic E-state index is 13.6. The van der Waals surface area contributed by atoms with Crippen molar-refractivity contribution in [3.8, 4) is 0 Å². The lowest BCUT2D eigenvalue weighted by Gasteiger charge is -2.43. The van der Waals surface area contributed by atoms with E-state index < -0.39 is 26.9 Å². The van der Waals surface area contributed by atoms with E-state index >= 15 is 0 Å². The van der Waals surface area contributed by atoms with Crippen LogP contribution in [-0.4, -0.2) is 38.6 Å². The van der Waals surface area contributed by atoms with Crippen molar-refractivity contribution in [3.63, 3.8) is 0 Å². The molecule has 0 unspecified atom stereocenters. The number of rotatable bonds is 5. The van der Waals surface area contributed by atoms with E-state index in [0.29, 0.717) is 0 Å². The van der Waals surface area contributed by atoms with E-state index in [1.54, 1.807) is 0 Å². The van der Waals surface area contributed by atoms with E-state index in [1.807, 2.05) is 36.4 Å². The summed E-state index contributed by atoms with van der Waals surface area (Å²) in [5.41, 5.74) is 0. The van der Waals surface area contributed by atoms with Crippen LogP contribution in [0.1, 0.15) is 27.2 Å². The lowest BCUT2D eigenvalue weighted by molar-refractivity contribution is -0.118. The summed E-state index contributed by atoms with van der Waals surface area (Å²) in [6.45, 7) is 6.86. The summed E-state index contributed by atoms with van der Waals surface area (Å²) >= 11 is 0. The van der Waals surface area contributed by atoms with E-state index in [9.17, 15) is 9.50 Å². The third kappa shape index (κ3) is 3.62. The number of halogens is 1. The molecule has 3 rings (SSSR count). The maximum Gasteiger partial charge on any atom is 0.261 e. The quantitative estimate of drug-likeness (QED) is 0.818. The van der Waals surface area contributed by atoms with Crippen LogP contribution in [0.4, 0.5) is 4.39 Å². The van der Waals surface area contributed by atoms with Gasteiger partial charge in [0.1, 0.15) is 0 Å². The summed E-state index contributed by atoms with van der Waals surface area (Å²) in [5.74, 6) is 0. The van der Waals surface area contributed by atoms with Crippen molar-refractivity contribution in [2.24, 2.45) is 0 Å². The molecule has 1 heterocycles. The Balaban J connectivity index is 2.00. The SMILES string of the molecule is CC(C)(C)[Si](OC[C@H]1C[C@H](F)[C@@H](O)O1)(c1ccccc1)c1ccccc1. The molecule has 3 nitrogen and oxygen atoms in total. The van der Waals surface area contributed by atoms with Crippen molar-refractivity contribution >= 4 is 18.7 Å². The first-order valence-corrected chi connectivity index (χ1v) is 11.0. The van der Waals surface area contributed by atoms with Crippen LogP contribution in [0.15, 0.2) is 60.7 Å². The molecule has 5 heteroatoms. The van der Waals surface area contributed by atoms with Gasteiger partial charge in [0.05, 0.1) is 12.7 Å². The Kier molecular flexibility index (Phi) is 5.63. The summed E-state index contributed by atoms with van der Waals surface area (Å²) in [7, 11) is -2.64. The summed E-state index contributed by atoms with van der Waals surface area (Å²) in [6, 6.07) is 20.6. The minimum absolute atomic E-state index is 0.137. The zero-order valence-electron chi connectivity index (χ0n) is 15.6. The van der Waals surface area contributed by atoms with E-state index in [0.717, 1.165) is 0 Å². The molecule has 0 spiro atoms. The van der Waals surface area contributed by atoms with Gasteiger partial charge in [-0.3, -0.25) is 0 Å². The Labute approximate surface area is 155 Å². The Morgan fingerprint density at radius 1 is 1.04 bits per heavy atom. The number of hydrogen-bond acceptors (Lipinski definition) is 3. The molecule has 3 atom stereocenters. The Hall–Kier alpha value is -1.53. The van der Waals surface area contributed by atoms with Gasteiger partial charge in [0.15, 0.2) is 12.5 Å². The van der Waals surface area contributed by atoms with E-state index in [-0.39, 0.29) is 18.1 Å². The second-order valence-corrected chi connectivity index (χ2v) is 12.2. The van der Waals surface area contributed by atoms with Gasteiger partial charge in [0, 0.05) is 6.42 Å². The molecule has 0 aromatic heterocycles. The van der Waals surface area contributed by atoms with Gasteiger partial charge < -0.3 is 14.3 Å². The first-order valence-electron chi connectivity index (χ1n) is 9.07. The molecule has 0 amide bonds. The molecule has 0 radical (unpaired) electrons. The topological polar surface area (TPSA) is 38.7 Å². The summed E-state index contributed by atoms with van der Waals surface area (Å²) in [6.07, 6.45) is -2.95. The number of ether oxygens (including phenoxy) is 1. The Morgan fingerprint density at radius 2 is 1.54 bits per heavy atom. The Morgan fingerprint density at radius 3 is 1.92 bits per heavy atom. The summed E-state index contributed by atoms with van der Waals surface area (Å²) < 4.78 is 25.7. The first kappa shape index (κ1) is 19.2. The maximum absolute atomic E-state index is 13.6. The number of aliphatic hydroxyl groups is 1. The molecule has 1 aliphatic heterocycles. The standard InChI is InChI=1S/C21H27FO3Si/c1-21(2,3)26(17-10-6-4-7-11-17,18-12-8-5-9-13-18)24-15-16-14-19(22)20(23)25-16/h4-13,16,19-20,23H,14-15H2,1-3H3/t16-,19+,20+/m1/s1. The van der Waals surface area contributed by atoms with E-state index in [1.165, 1.54) is 10.4 Å². The zero-order chi connectivity index (χ0) is 18.8. The van der Waals surface area contributed by atoms with Gasteiger partial charge >= 0.3 is 0 Å². The summed E-state index contributed by atoms with van der Waals surface area (Å²) in [4.78, 5) is 0. The second-order valence-electron chi connectivity index (χ2n) is 7.87. The fourth-order valence-corrected chi connectivity index (χ4v) is 8.38. The van der Waals surface area contributed by atoms with Crippen molar-refractivity contribution in [1.29, 1.82) is 0 Å². The molecule has 2 aromatic rings. The molecule has 2 aromatic carbocycles. The predicted molar refractivity (Wildman–Crippen MR) is 104 cm³/mol. The number of hydrogen-bond donors (Lipinski definition) is 1. The van der Waals surface area contributed by atoms with Crippen LogP contribution in [-0.2, 0) is 9.16 Å². The molecule has 0 bridgehead atoms. The zero-order valence-corrected chi connectivity index (χ0v) is 16.6. The van der Waals surface area contributed by atoms with Crippen molar-refractivity contribution in [1.82, 2.24) is 0 Å². The number of aliphatic hydroxyl groups excluding tert-OH is 1. The van der Waals surface area contributed by atoms with Gasteiger partial charge in [-0.15, -0.1) is 0 Å². The molecular formula is C21H27FO3Si. The third-order valence-corrected chi connectivity index (χ3v) is 10.0. The van der Waals surface area contributed by atoms with Crippen molar-refractivity contribution < 1.29 is 18.7 Å². The molecule has 1 N–H and O–H groups in total. The average molecular weight is 375 g/mol. The molecular weight excluding hydrogens is 347 g/mol. The van der Waals surface area contributed by atoms with Gasteiger partial charge in [0.25, 0.3) is 8.32 Å². The fourth-order valence-electron chi connectivity index (χ4n) is 3.79. The first-order chi connectivity index (χ1) is 12.3. The lowest BCUT2D eigenvalue weighted by Crippen LogP contribution is -2.67. The van der Waals surface area contributed by atoms with Crippen LogP contribution < -0.4 is 10.4 Å². The number of alkyl halides is 1. The predicted octanol–water partition coefficient (Wildman–Crippen LogP) is 3.01. The molecule has 0 saturated carbocycles. The van der Waals surface area contributed by atoms with Crippen LogP contribution in [0, 0.1) is 0 Å². The highest BCUT2D eigenvalue weighted by Crippen LogP contribution is 2.37. The fraction of sp³-hybridized carbons (Fsp3) is 0.429. The minimum atomic E-state index is -2.64. The van der Waals surface area contributed by atoms with Crippen LogP contribution in [0.3, 0.4) is 0 Å². The normalized spacial score (nSPS) is 24.0. The minimum Gasteiger partial charge on any atom is -0.405 e. The molecule has 26 heavy (non-hydrogen) atoms. The van der Waals surface area contributed by atoms with Gasteiger partial charge in [-0.25, -0.2) is 4.39 Å². The summed E-state index contributed by atoms with van der Waals surface area (Å²) in [5, 5.41) is 11.8. The second kappa shape index (κ2) is 7.60. The van der Waals surface area contributed by atoms with Crippen molar-refractivity contribution in [2.75, 3.05) is 6.61 Å². The van der Waals surface area contributed by atoms with Gasteiger partial charge in [0.2, 0.25) is 0 Å². The number of benzene rings is 2. The van der Waals surface area contributed by atoms with E-state index in [4.69, 9.17) is 9.16 Å². The molecule has 1 fully saturated rings. The van der Waals surface area contributed by atoms with Gasteiger partial charge in [-0.2, -0.15) is 0 Å². The van der Waals surface area contributed by atoms with Crippen LogP contribution in [0.5, 0.6) is 0 Å². The molecule has 140 valence electrons. The lowest BCUT2D eigenvalue weighted by atomic mass is 10.2. The van der Waals surface area contributed by atoms with Crippen LogP contribution in [0.25, 0.3) is 0 Å². The third-order valence-electron chi connectivity index (χ3n) is 5.03. The van der Waals surface area contributed by atoms with Crippen LogP contribution >= 0.6 is 0 Å². The van der Waals surface area contributed by atoms with Gasteiger partial charge in [-0.05, 0) is 15.4 Å². The van der Waals surface area contributed by atoms with Crippen LogP contribution in [0.2, 0.25) is 5.04 Å². The largest absolute Gasteiger partial charge is 0.405 e. The highest BCUT2D eigenvalue weighted by Gasteiger charge is 2.51. The monoisotopic (exact) mass is 374 g/mol. The van der Waals surface area contributed by atoms with Gasteiger partial charge in [-0.1, -0.05) is 81.4 Å². The Bertz CT molecular complexity index is 653. The van der Waals surface area contributed by atoms with Crippen molar-refractivity contribution in [2.45, 2.75) is 50.8 Å². The smallest absolute Gasteiger partial charge is 0.261 e. The highest BCUT2D eigenvalue weighted by molar-refractivity contribution is 6.99. The molecule has 1 aliphatic rings.